The van der Waals surface area contributed by atoms with Crippen molar-refractivity contribution >= 4 is 11.6 Å². The zero-order valence-corrected chi connectivity index (χ0v) is 11.0. The summed E-state index contributed by atoms with van der Waals surface area (Å²) in [5.41, 5.74) is 0. The summed E-state index contributed by atoms with van der Waals surface area (Å²) in [6, 6.07) is 1.44. The Hall–Kier alpha value is 0.250. The lowest BCUT2D eigenvalue weighted by Crippen LogP contribution is -2.43. The summed E-state index contributed by atoms with van der Waals surface area (Å²) in [4.78, 5) is 2.60. The van der Waals surface area contributed by atoms with E-state index in [2.05, 4.69) is 32.6 Å². The zero-order chi connectivity index (χ0) is 11.0. The summed E-state index contributed by atoms with van der Waals surface area (Å²) in [6.45, 7) is 10.1. The second kappa shape index (κ2) is 8.55. The maximum Gasteiger partial charge on any atom is 0.0351 e. The van der Waals surface area contributed by atoms with Gasteiger partial charge in [0.25, 0.3) is 0 Å². The average molecular weight is 220 g/mol. The SMILES string of the molecule is CCC(CC)N(CCCl)C(CC)CC. The largest absolute Gasteiger partial charge is 0.296 e. The van der Waals surface area contributed by atoms with Gasteiger partial charge in [0.1, 0.15) is 0 Å². The highest BCUT2D eigenvalue weighted by Gasteiger charge is 2.20. The third-order valence-corrected chi connectivity index (χ3v) is 3.33. The van der Waals surface area contributed by atoms with E-state index in [1.54, 1.807) is 0 Å². The minimum Gasteiger partial charge on any atom is -0.296 e. The van der Waals surface area contributed by atoms with E-state index in [0.29, 0.717) is 0 Å². The molecule has 0 N–H and O–H groups in total. The predicted molar refractivity (Wildman–Crippen MR) is 66.2 cm³/mol. The Bertz CT molecular complexity index is 107. The number of alkyl halides is 1. The van der Waals surface area contributed by atoms with Crippen molar-refractivity contribution in [1.29, 1.82) is 0 Å². The molecule has 2 heteroatoms. The molecule has 0 aliphatic rings. The van der Waals surface area contributed by atoms with Gasteiger partial charge in [0.15, 0.2) is 0 Å². The van der Waals surface area contributed by atoms with Crippen molar-refractivity contribution in [3.63, 3.8) is 0 Å². The van der Waals surface area contributed by atoms with E-state index in [4.69, 9.17) is 11.6 Å². The van der Waals surface area contributed by atoms with Gasteiger partial charge >= 0.3 is 0 Å². The lowest BCUT2D eigenvalue weighted by molar-refractivity contribution is 0.127. The zero-order valence-electron chi connectivity index (χ0n) is 10.2. The Morgan fingerprint density at radius 2 is 1.21 bits per heavy atom. The first-order valence-electron chi connectivity index (χ1n) is 6.06. The van der Waals surface area contributed by atoms with E-state index in [9.17, 15) is 0 Å². The first-order valence-corrected chi connectivity index (χ1v) is 6.60. The van der Waals surface area contributed by atoms with Crippen LogP contribution in [0.4, 0.5) is 0 Å². The third-order valence-electron chi connectivity index (χ3n) is 3.17. The molecular weight excluding hydrogens is 194 g/mol. The van der Waals surface area contributed by atoms with Crippen molar-refractivity contribution in [2.45, 2.75) is 65.5 Å². The molecule has 0 fully saturated rings. The highest BCUT2D eigenvalue weighted by atomic mass is 35.5. The molecule has 0 aliphatic heterocycles. The smallest absolute Gasteiger partial charge is 0.0351 e. The first-order chi connectivity index (χ1) is 6.74. The molecule has 14 heavy (non-hydrogen) atoms. The maximum atomic E-state index is 5.87. The number of rotatable bonds is 8. The summed E-state index contributed by atoms with van der Waals surface area (Å²) in [7, 11) is 0. The molecule has 0 aromatic rings. The highest BCUT2D eigenvalue weighted by molar-refractivity contribution is 6.18. The van der Waals surface area contributed by atoms with Gasteiger partial charge < -0.3 is 0 Å². The Morgan fingerprint density at radius 3 is 1.43 bits per heavy atom. The maximum absolute atomic E-state index is 5.87. The molecule has 0 unspecified atom stereocenters. The van der Waals surface area contributed by atoms with Gasteiger partial charge in [0.2, 0.25) is 0 Å². The summed E-state index contributed by atoms with van der Waals surface area (Å²) >= 11 is 5.87. The Morgan fingerprint density at radius 1 is 0.857 bits per heavy atom. The third kappa shape index (κ3) is 4.18. The fraction of sp³-hybridized carbons (Fsp3) is 1.00. The number of hydrogen-bond donors (Lipinski definition) is 0. The van der Waals surface area contributed by atoms with Crippen molar-refractivity contribution in [2.75, 3.05) is 12.4 Å². The molecule has 0 aromatic carbocycles. The van der Waals surface area contributed by atoms with Crippen LogP contribution in [-0.4, -0.2) is 29.4 Å². The van der Waals surface area contributed by atoms with Gasteiger partial charge in [0.05, 0.1) is 0 Å². The fourth-order valence-electron chi connectivity index (χ4n) is 2.28. The molecule has 0 spiro atoms. The van der Waals surface area contributed by atoms with Gasteiger partial charge in [0, 0.05) is 24.5 Å². The quantitative estimate of drug-likeness (QED) is 0.560. The second-order valence-electron chi connectivity index (χ2n) is 3.87. The summed E-state index contributed by atoms with van der Waals surface area (Å²) in [5, 5.41) is 0. The minimum absolute atomic E-state index is 0.721. The average Bonchev–Trinajstić information content (AvgIpc) is 2.21. The molecule has 0 rings (SSSR count). The van der Waals surface area contributed by atoms with Crippen LogP contribution < -0.4 is 0 Å². The fourth-order valence-corrected chi connectivity index (χ4v) is 2.47. The second-order valence-corrected chi connectivity index (χ2v) is 4.25. The monoisotopic (exact) mass is 219 g/mol. The molecule has 0 aromatic heterocycles. The first kappa shape index (κ1) is 14.2. The van der Waals surface area contributed by atoms with E-state index < -0.39 is 0 Å². The van der Waals surface area contributed by atoms with E-state index in [1.807, 2.05) is 0 Å². The highest BCUT2D eigenvalue weighted by Crippen LogP contribution is 2.17. The van der Waals surface area contributed by atoms with Crippen LogP contribution in [0, 0.1) is 0 Å². The topological polar surface area (TPSA) is 3.24 Å². The van der Waals surface area contributed by atoms with Crippen molar-refractivity contribution in [3.05, 3.63) is 0 Å². The lowest BCUT2D eigenvalue weighted by atomic mass is 10.0. The van der Waals surface area contributed by atoms with Gasteiger partial charge in [-0.05, 0) is 25.7 Å². The van der Waals surface area contributed by atoms with Gasteiger partial charge in [-0.3, -0.25) is 4.90 Å². The molecule has 1 nitrogen and oxygen atoms in total. The molecule has 0 bridgehead atoms. The Kier molecular flexibility index (Phi) is 8.70. The van der Waals surface area contributed by atoms with Gasteiger partial charge in [-0.15, -0.1) is 11.6 Å². The van der Waals surface area contributed by atoms with Crippen LogP contribution in [0.25, 0.3) is 0 Å². The van der Waals surface area contributed by atoms with E-state index in [0.717, 1.165) is 24.5 Å². The normalized spacial score (nSPS) is 12.0. The molecule has 86 valence electrons. The van der Waals surface area contributed by atoms with Crippen LogP contribution in [0.1, 0.15) is 53.4 Å². The van der Waals surface area contributed by atoms with Crippen LogP contribution in [0.2, 0.25) is 0 Å². The van der Waals surface area contributed by atoms with Crippen molar-refractivity contribution in [3.8, 4) is 0 Å². The molecule has 0 atom stereocenters. The Labute approximate surface area is 94.8 Å². The van der Waals surface area contributed by atoms with Crippen LogP contribution in [-0.2, 0) is 0 Å². The van der Waals surface area contributed by atoms with Gasteiger partial charge in [-0.25, -0.2) is 0 Å². The Balaban J connectivity index is 4.36. The van der Waals surface area contributed by atoms with Crippen LogP contribution in [0.5, 0.6) is 0 Å². The standard InChI is InChI=1S/C12H26ClN/c1-5-11(6-2)14(10-9-13)12(7-3)8-4/h11-12H,5-10H2,1-4H3. The van der Waals surface area contributed by atoms with Crippen LogP contribution in [0.3, 0.4) is 0 Å². The lowest BCUT2D eigenvalue weighted by Gasteiger charge is -2.36. The molecule has 0 aliphatic carbocycles. The molecule has 0 heterocycles. The molecular formula is C12H26ClN. The van der Waals surface area contributed by atoms with Crippen LogP contribution in [0.15, 0.2) is 0 Å². The molecule has 0 saturated heterocycles. The number of nitrogens with zero attached hydrogens (tertiary/aromatic N) is 1. The van der Waals surface area contributed by atoms with Gasteiger partial charge in [-0.1, -0.05) is 27.7 Å². The van der Waals surface area contributed by atoms with E-state index in [-0.39, 0.29) is 0 Å². The molecule has 0 radical (unpaired) electrons. The molecule has 0 saturated carbocycles. The van der Waals surface area contributed by atoms with Gasteiger partial charge in [-0.2, -0.15) is 0 Å². The number of halogens is 1. The predicted octanol–water partition coefficient (Wildman–Crippen LogP) is 3.90. The minimum atomic E-state index is 0.721. The van der Waals surface area contributed by atoms with Crippen molar-refractivity contribution < 1.29 is 0 Å². The summed E-state index contributed by atoms with van der Waals surface area (Å²) in [6.07, 6.45) is 4.96. The van der Waals surface area contributed by atoms with Crippen molar-refractivity contribution in [1.82, 2.24) is 4.90 Å². The summed E-state index contributed by atoms with van der Waals surface area (Å²) < 4.78 is 0. The van der Waals surface area contributed by atoms with E-state index in [1.165, 1.54) is 25.7 Å². The summed E-state index contributed by atoms with van der Waals surface area (Å²) in [5.74, 6) is 0.757. The van der Waals surface area contributed by atoms with E-state index >= 15 is 0 Å². The number of hydrogen-bond acceptors (Lipinski definition) is 1. The van der Waals surface area contributed by atoms with Crippen molar-refractivity contribution in [2.24, 2.45) is 0 Å². The van der Waals surface area contributed by atoms with Crippen LogP contribution >= 0.6 is 11.6 Å². The molecule has 0 amide bonds.